The van der Waals surface area contributed by atoms with Gasteiger partial charge < -0.3 is 25.4 Å². The van der Waals surface area contributed by atoms with Crippen molar-refractivity contribution in [3.05, 3.63) is 71.2 Å². The number of hydrogen-bond acceptors (Lipinski definition) is 7. The minimum atomic E-state index is -4.52. The molecule has 8 nitrogen and oxygen atoms in total. The number of carbonyl (C=O) groups is 1. The Labute approximate surface area is 225 Å². The van der Waals surface area contributed by atoms with E-state index in [2.05, 4.69) is 35.4 Å². The first-order valence-corrected chi connectivity index (χ1v) is 13.2. The van der Waals surface area contributed by atoms with Crippen LogP contribution in [0, 0.1) is 0 Å². The second kappa shape index (κ2) is 9.86. The SMILES string of the molecule is CN1CCN(c2cc3nc(Nc4ccccc4C(F)(F)F)[nH]c3cc2C(=O)Nc2ccc3ncsc3c2)CC1. The number of aromatic amines is 1. The maximum absolute atomic E-state index is 13.6. The van der Waals surface area contributed by atoms with Gasteiger partial charge in [0.1, 0.15) is 0 Å². The molecule has 1 aliphatic rings. The van der Waals surface area contributed by atoms with E-state index in [9.17, 15) is 18.0 Å². The monoisotopic (exact) mass is 551 g/mol. The Morgan fingerprint density at radius 1 is 1.03 bits per heavy atom. The van der Waals surface area contributed by atoms with Gasteiger partial charge in [-0.3, -0.25) is 4.79 Å². The van der Waals surface area contributed by atoms with E-state index < -0.39 is 11.7 Å². The molecule has 1 saturated heterocycles. The third kappa shape index (κ3) is 5.12. The van der Waals surface area contributed by atoms with Crippen LogP contribution in [0.1, 0.15) is 15.9 Å². The van der Waals surface area contributed by atoms with Gasteiger partial charge in [-0.25, -0.2) is 9.97 Å². The normalized spacial score (nSPS) is 14.7. The number of piperazine rings is 1. The number of alkyl halides is 3. The van der Waals surface area contributed by atoms with Crippen molar-refractivity contribution in [2.45, 2.75) is 6.18 Å². The predicted molar refractivity (Wildman–Crippen MR) is 148 cm³/mol. The number of hydrogen-bond donors (Lipinski definition) is 3. The summed E-state index contributed by atoms with van der Waals surface area (Å²) in [5.41, 5.74) is 4.61. The fourth-order valence-electron chi connectivity index (χ4n) is 4.69. The van der Waals surface area contributed by atoms with Crippen LogP contribution < -0.4 is 15.5 Å². The lowest BCUT2D eigenvalue weighted by Gasteiger charge is -2.35. The van der Waals surface area contributed by atoms with Crippen LogP contribution in [0.5, 0.6) is 0 Å². The topological polar surface area (TPSA) is 89.2 Å². The number of para-hydroxylation sites is 1. The molecule has 12 heteroatoms. The number of nitrogens with zero attached hydrogens (tertiary/aromatic N) is 4. The van der Waals surface area contributed by atoms with Crippen molar-refractivity contribution in [1.29, 1.82) is 0 Å². The molecule has 200 valence electrons. The molecule has 39 heavy (non-hydrogen) atoms. The van der Waals surface area contributed by atoms with E-state index in [-0.39, 0.29) is 17.5 Å². The molecule has 0 saturated carbocycles. The Kier molecular flexibility index (Phi) is 6.35. The number of aromatic nitrogens is 3. The maximum atomic E-state index is 13.6. The van der Waals surface area contributed by atoms with Crippen LogP contribution in [0.2, 0.25) is 0 Å². The summed E-state index contributed by atoms with van der Waals surface area (Å²) < 4.78 is 41.5. The Hall–Kier alpha value is -4.16. The van der Waals surface area contributed by atoms with E-state index in [1.165, 1.54) is 29.5 Å². The third-order valence-corrected chi connectivity index (χ3v) is 7.55. The van der Waals surface area contributed by atoms with Crippen molar-refractivity contribution in [3.63, 3.8) is 0 Å². The van der Waals surface area contributed by atoms with E-state index in [1.807, 2.05) is 31.3 Å². The predicted octanol–water partition coefficient (Wildman–Crippen LogP) is 5.94. The first kappa shape index (κ1) is 25.1. The summed E-state index contributed by atoms with van der Waals surface area (Å²) in [6, 6.07) is 14.3. The van der Waals surface area contributed by atoms with Crippen LogP contribution in [-0.2, 0) is 6.18 Å². The van der Waals surface area contributed by atoms with Crippen LogP contribution in [0.4, 0.5) is 36.2 Å². The molecule has 6 rings (SSSR count). The summed E-state index contributed by atoms with van der Waals surface area (Å²) in [4.78, 5) is 29.8. The van der Waals surface area contributed by atoms with Crippen molar-refractivity contribution in [2.24, 2.45) is 0 Å². The highest BCUT2D eigenvalue weighted by Crippen LogP contribution is 2.36. The second-order valence-corrected chi connectivity index (χ2v) is 10.3. The summed E-state index contributed by atoms with van der Waals surface area (Å²) in [5.74, 6) is -0.138. The van der Waals surface area contributed by atoms with Gasteiger partial charge >= 0.3 is 6.18 Å². The number of anilines is 4. The van der Waals surface area contributed by atoms with Gasteiger partial charge in [-0.15, -0.1) is 11.3 Å². The summed E-state index contributed by atoms with van der Waals surface area (Å²) >= 11 is 1.49. The molecule has 0 aliphatic carbocycles. The summed E-state index contributed by atoms with van der Waals surface area (Å²) in [5, 5.41) is 5.76. The minimum absolute atomic E-state index is 0.111. The van der Waals surface area contributed by atoms with E-state index >= 15 is 0 Å². The standard InChI is InChI=1S/C27H24F3N7OS/c1-36-8-10-37(11-9-36)23-14-22-21(34-26(35-22)33-19-5-3-2-4-18(19)27(28,29)30)13-17(23)25(38)32-16-6-7-20-24(12-16)39-15-31-20/h2-7,12-15H,8-11H2,1H3,(H,32,38)(H2,33,34,35). The van der Waals surface area contributed by atoms with Crippen LogP contribution in [0.3, 0.4) is 0 Å². The molecular weight excluding hydrogens is 527 g/mol. The molecule has 1 amide bonds. The number of carbonyl (C=O) groups excluding carboxylic acids is 1. The average Bonchev–Trinajstić information content (AvgIpc) is 3.53. The van der Waals surface area contributed by atoms with Crippen molar-refractivity contribution in [2.75, 3.05) is 48.8 Å². The fourth-order valence-corrected chi connectivity index (χ4v) is 5.41. The van der Waals surface area contributed by atoms with E-state index in [0.717, 1.165) is 48.1 Å². The first-order valence-electron chi connectivity index (χ1n) is 12.3. The Balaban J connectivity index is 1.36. The fraction of sp³-hybridized carbons (Fsp3) is 0.222. The number of H-pyrrole nitrogens is 1. The Morgan fingerprint density at radius 3 is 2.62 bits per heavy atom. The molecule has 3 N–H and O–H groups in total. The number of benzene rings is 3. The molecular formula is C27H24F3N7OS. The van der Waals surface area contributed by atoms with Gasteiger partial charge in [0.25, 0.3) is 5.91 Å². The van der Waals surface area contributed by atoms with Crippen molar-refractivity contribution < 1.29 is 18.0 Å². The average molecular weight is 552 g/mol. The highest BCUT2D eigenvalue weighted by molar-refractivity contribution is 7.16. The van der Waals surface area contributed by atoms with Crippen LogP contribution in [0.25, 0.3) is 21.3 Å². The highest BCUT2D eigenvalue weighted by atomic mass is 32.1. The number of likely N-dealkylation sites (N-methyl/N-ethyl adjacent to an activating group) is 1. The van der Waals surface area contributed by atoms with Gasteiger partial charge in [0, 0.05) is 31.9 Å². The summed E-state index contributed by atoms with van der Waals surface area (Å²) in [6.07, 6.45) is -4.52. The van der Waals surface area contributed by atoms with Crippen molar-refractivity contribution >= 4 is 61.5 Å². The maximum Gasteiger partial charge on any atom is 0.418 e. The molecule has 5 aromatic rings. The van der Waals surface area contributed by atoms with Gasteiger partial charge in [0.15, 0.2) is 0 Å². The molecule has 3 aromatic carbocycles. The van der Waals surface area contributed by atoms with Gasteiger partial charge in [-0.1, -0.05) is 12.1 Å². The van der Waals surface area contributed by atoms with E-state index in [4.69, 9.17) is 0 Å². The van der Waals surface area contributed by atoms with Crippen LogP contribution in [-0.4, -0.2) is 59.0 Å². The number of thiazole rings is 1. The second-order valence-electron chi connectivity index (χ2n) is 9.42. The van der Waals surface area contributed by atoms with E-state index in [1.54, 1.807) is 11.6 Å². The van der Waals surface area contributed by atoms with Crippen LogP contribution in [0.15, 0.2) is 60.1 Å². The number of amides is 1. The lowest BCUT2D eigenvalue weighted by Crippen LogP contribution is -2.45. The number of nitrogens with one attached hydrogen (secondary N) is 3. The summed E-state index contributed by atoms with van der Waals surface area (Å²) in [7, 11) is 2.05. The van der Waals surface area contributed by atoms with Gasteiger partial charge in [-0.05, 0) is 49.5 Å². The molecule has 0 radical (unpaired) electrons. The van der Waals surface area contributed by atoms with Crippen LogP contribution >= 0.6 is 11.3 Å². The molecule has 2 aromatic heterocycles. The van der Waals surface area contributed by atoms with Crippen molar-refractivity contribution in [1.82, 2.24) is 19.9 Å². The molecule has 0 bridgehead atoms. The lowest BCUT2D eigenvalue weighted by atomic mass is 10.1. The van der Waals surface area contributed by atoms with Gasteiger partial charge in [0.05, 0.1) is 49.3 Å². The number of fused-ring (bicyclic) bond motifs is 2. The summed E-state index contributed by atoms with van der Waals surface area (Å²) in [6.45, 7) is 3.12. The Bertz CT molecular complexity index is 1670. The molecule has 1 aliphatic heterocycles. The van der Waals surface area contributed by atoms with Gasteiger partial charge in [-0.2, -0.15) is 13.2 Å². The molecule has 0 spiro atoms. The largest absolute Gasteiger partial charge is 0.418 e. The lowest BCUT2D eigenvalue weighted by molar-refractivity contribution is -0.136. The molecule has 0 atom stereocenters. The first-order chi connectivity index (χ1) is 18.7. The number of imidazole rings is 1. The number of halogens is 3. The Morgan fingerprint density at radius 2 is 1.82 bits per heavy atom. The highest BCUT2D eigenvalue weighted by Gasteiger charge is 2.33. The van der Waals surface area contributed by atoms with Crippen molar-refractivity contribution in [3.8, 4) is 0 Å². The van der Waals surface area contributed by atoms with E-state index in [0.29, 0.717) is 22.3 Å². The quantitative estimate of drug-likeness (QED) is 0.251. The van der Waals surface area contributed by atoms with Gasteiger partial charge in [0.2, 0.25) is 5.95 Å². The third-order valence-electron chi connectivity index (χ3n) is 6.76. The minimum Gasteiger partial charge on any atom is -0.368 e. The zero-order valence-electron chi connectivity index (χ0n) is 20.8. The smallest absolute Gasteiger partial charge is 0.368 e. The zero-order chi connectivity index (χ0) is 27.1. The molecule has 3 heterocycles. The molecule has 1 fully saturated rings. The number of rotatable bonds is 5. The molecule has 0 unspecified atom stereocenters. The zero-order valence-corrected chi connectivity index (χ0v) is 21.7.